The fourth-order valence-electron chi connectivity index (χ4n) is 4.83. The topological polar surface area (TPSA) is 80.1 Å². The molecule has 0 saturated carbocycles. The van der Waals surface area contributed by atoms with Gasteiger partial charge in [-0.05, 0) is 60.9 Å². The van der Waals surface area contributed by atoms with Crippen molar-refractivity contribution >= 4 is 46.0 Å². The molecule has 0 spiro atoms. The first-order valence-corrected chi connectivity index (χ1v) is 13.9. The zero-order valence-electron chi connectivity index (χ0n) is 22.0. The summed E-state index contributed by atoms with van der Waals surface area (Å²) in [5.41, 5.74) is 1.32. The van der Waals surface area contributed by atoms with Crippen molar-refractivity contribution in [1.29, 1.82) is 0 Å². The van der Waals surface area contributed by atoms with Crippen LogP contribution in [0.3, 0.4) is 0 Å². The van der Waals surface area contributed by atoms with Crippen molar-refractivity contribution in [1.82, 2.24) is 9.80 Å². The summed E-state index contributed by atoms with van der Waals surface area (Å²) in [4.78, 5) is 43.6. The highest BCUT2D eigenvalue weighted by molar-refractivity contribution is 6.36. The molecule has 212 valence electrons. The maximum absolute atomic E-state index is 13.9. The number of ether oxygens (including phenoxy) is 1. The molecule has 1 saturated heterocycles. The zero-order valence-corrected chi connectivity index (χ0v) is 23.5. The molecule has 5 rings (SSSR count). The Morgan fingerprint density at radius 3 is 2.49 bits per heavy atom. The molecule has 1 aromatic heterocycles. The summed E-state index contributed by atoms with van der Waals surface area (Å²) in [6.45, 7) is 0.475. The molecule has 41 heavy (non-hydrogen) atoms. The molecule has 10 heteroatoms. The normalized spacial score (nSPS) is 14.8. The van der Waals surface area contributed by atoms with Crippen molar-refractivity contribution in [3.05, 3.63) is 116 Å². The molecule has 0 bridgehead atoms. The van der Waals surface area contributed by atoms with E-state index in [1.807, 2.05) is 0 Å². The highest BCUT2D eigenvalue weighted by Gasteiger charge is 2.28. The fourth-order valence-corrected chi connectivity index (χ4v) is 5.31. The van der Waals surface area contributed by atoms with Gasteiger partial charge in [-0.3, -0.25) is 14.4 Å². The molecular weight excluding hydrogens is 570 g/mol. The lowest BCUT2D eigenvalue weighted by Crippen LogP contribution is -2.45. The first-order valence-electron chi connectivity index (χ1n) is 13.2. The van der Waals surface area contributed by atoms with Crippen molar-refractivity contribution in [2.24, 2.45) is 0 Å². The zero-order chi connectivity index (χ0) is 28.9. The smallest absolute Gasteiger partial charge is 0.255 e. The maximum Gasteiger partial charge on any atom is 0.255 e. The second-order valence-electron chi connectivity index (χ2n) is 9.91. The van der Waals surface area contributed by atoms with Crippen LogP contribution >= 0.6 is 23.2 Å². The summed E-state index contributed by atoms with van der Waals surface area (Å²) in [5.74, 6) is -1.27. The number of carbonyl (C=O) groups is 2. The molecule has 1 fully saturated rings. The lowest BCUT2D eigenvalue weighted by atomic mass is 10.1. The molecule has 0 radical (unpaired) electrons. The van der Waals surface area contributed by atoms with Crippen LogP contribution in [0.15, 0.2) is 82.2 Å². The van der Waals surface area contributed by atoms with Crippen LogP contribution in [0.4, 0.5) is 4.39 Å². The summed E-state index contributed by atoms with van der Waals surface area (Å²) in [6.07, 6.45) is 2.73. The Balaban J connectivity index is 1.45. The van der Waals surface area contributed by atoms with Crippen molar-refractivity contribution in [3.63, 3.8) is 0 Å². The molecule has 0 N–H and O–H groups in total. The standard InChI is InChI=1S/C31H27Cl2FN2O5/c32-22-9-12-25(27(33)14-22)31(39)36(17-24-4-3-13-40-24)18-29(37)35(15-20-7-10-23(34)11-8-20)16-21-19-41-28-6-2-1-5-26(28)30(21)38/h1-2,5-12,14,19,24H,3-4,13,15-18H2. The van der Waals surface area contributed by atoms with Crippen LogP contribution in [0.25, 0.3) is 11.0 Å². The van der Waals surface area contributed by atoms with E-state index in [4.69, 9.17) is 32.4 Å². The second kappa shape index (κ2) is 12.9. The van der Waals surface area contributed by atoms with E-state index in [0.717, 1.165) is 12.8 Å². The van der Waals surface area contributed by atoms with Gasteiger partial charge in [0, 0.05) is 24.7 Å². The van der Waals surface area contributed by atoms with Gasteiger partial charge >= 0.3 is 0 Å². The van der Waals surface area contributed by atoms with Crippen LogP contribution in [-0.2, 0) is 22.6 Å². The summed E-state index contributed by atoms with van der Waals surface area (Å²) in [6, 6.07) is 17.2. The van der Waals surface area contributed by atoms with Crippen LogP contribution in [0, 0.1) is 5.82 Å². The maximum atomic E-state index is 13.9. The third-order valence-corrected chi connectivity index (χ3v) is 7.52. The SMILES string of the molecule is O=C(CN(CC1CCCO1)C(=O)c1ccc(Cl)cc1Cl)N(Cc1ccc(F)cc1)Cc1coc2ccccc2c1=O. The molecule has 7 nitrogen and oxygen atoms in total. The molecule has 2 heterocycles. The molecule has 3 aromatic carbocycles. The Morgan fingerprint density at radius 1 is 0.976 bits per heavy atom. The average Bonchev–Trinajstić information content (AvgIpc) is 3.48. The summed E-state index contributed by atoms with van der Waals surface area (Å²) >= 11 is 12.4. The van der Waals surface area contributed by atoms with E-state index in [0.29, 0.717) is 28.2 Å². The average molecular weight is 597 g/mol. The molecule has 2 amide bonds. The van der Waals surface area contributed by atoms with Gasteiger partial charge in [0.25, 0.3) is 5.91 Å². The van der Waals surface area contributed by atoms with Crippen LogP contribution in [0.1, 0.15) is 34.3 Å². The highest BCUT2D eigenvalue weighted by atomic mass is 35.5. The predicted octanol–water partition coefficient (Wildman–Crippen LogP) is 6.09. The molecule has 0 aliphatic carbocycles. The van der Waals surface area contributed by atoms with Gasteiger partial charge in [0.1, 0.15) is 17.9 Å². The van der Waals surface area contributed by atoms with Gasteiger partial charge in [-0.25, -0.2) is 4.39 Å². The Kier molecular flexibility index (Phi) is 9.03. The lowest BCUT2D eigenvalue weighted by molar-refractivity contribution is -0.133. The van der Waals surface area contributed by atoms with Crippen LogP contribution in [-0.4, -0.2) is 47.4 Å². The predicted molar refractivity (Wildman–Crippen MR) is 154 cm³/mol. The minimum atomic E-state index is -0.442. The summed E-state index contributed by atoms with van der Waals surface area (Å²) in [7, 11) is 0. The molecule has 1 unspecified atom stereocenters. The number of benzene rings is 3. The number of hydrogen-bond acceptors (Lipinski definition) is 5. The van der Waals surface area contributed by atoms with E-state index in [1.165, 1.54) is 40.3 Å². The largest absolute Gasteiger partial charge is 0.464 e. The van der Waals surface area contributed by atoms with Gasteiger partial charge in [-0.15, -0.1) is 0 Å². The number of rotatable bonds is 9. The van der Waals surface area contributed by atoms with Gasteiger partial charge in [0.2, 0.25) is 5.91 Å². The van der Waals surface area contributed by atoms with E-state index >= 15 is 0 Å². The van der Waals surface area contributed by atoms with Crippen molar-refractivity contribution in [2.45, 2.75) is 32.0 Å². The number of carbonyl (C=O) groups excluding carboxylic acids is 2. The number of nitrogens with zero attached hydrogens (tertiary/aromatic N) is 2. The lowest BCUT2D eigenvalue weighted by Gasteiger charge is -2.29. The van der Waals surface area contributed by atoms with Gasteiger partial charge in [0.05, 0.1) is 40.4 Å². The van der Waals surface area contributed by atoms with Crippen molar-refractivity contribution in [3.8, 4) is 0 Å². The Labute approximate surface area is 246 Å². The van der Waals surface area contributed by atoms with E-state index in [1.54, 1.807) is 42.5 Å². The van der Waals surface area contributed by atoms with Gasteiger partial charge < -0.3 is 19.0 Å². The van der Waals surface area contributed by atoms with E-state index in [-0.39, 0.29) is 53.9 Å². The number of fused-ring (bicyclic) bond motifs is 1. The van der Waals surface area contributed by atoms with Crippen molar-refractivity contribution in [2.75, 3.05) is 19.7 Å². The van der Waals surface area contributed by atoms with E-state index < -0.39 is 17.6 Å². The molecule has 1 aliphatic heterocycles. The quantitative estimate of drug-likeness (QED) is 0.233. The van der Waals surface area contributed by atoms with Crippen LogP contribution in [0.5, 0.6) is 0 Å². The number of hydrogen-bond donors (Lipinski definition) is 0. The Hall–Kier alpha value is -3.72. The van der Waals surface area contributed by atoms with Crippen molar-refractivity contribution < 1.29 is 23.1 Å². The molecule has 1 aliphatic rings. The van der Waals surface area contributed by atoms with E-state index in [9.17, 15) is 18.8 Å². The third kappa shape index (κ3) is 6.96. The van der Waals surface area contributed by atoms with Gasteiger partial charge in [-0.1, -0.05) is 47.5 Å². The number of para-hydroxylation sites is 1. The third-order valence-electron chi connectivity index (χ3n) is 6.97. The number of amides is 2. The van der Waals surface area contributed by atoms with E-state index in [2.05, 4.69) is 0 Å². The fraction of sp³-hybridized carbons (Fsp3) is 0.258. The molecular formula is C31H27Cl2FN2O5. The summed E-state index contributed by atoms with van der Waals surface area (Å²) < 4.78 is 25.0. The first-order chi connectivity index (χ1) is 19.8. The van der Waals surface area contributed by atoms with Crippen LogP contribution in [0.2, 0.25) is 10.0 Å². The Morgan fingerprint density at radius 2 is 1.76 bits per heavy atom. The molecule has 4 aromatic rings. The van der Waals surface area contributed by atoms with Crippen LogP contribution < -0.4 is 5.43 Å². The first kappa shape index (κ1) is 28.8. The van der Waals surface area contributed by atoms with Gasteiger partial charge in [-0.2, -0.15) is 0 Å². The minimum Gasteiger partial charge on any atom is -0.464 e. The highest BCUT2D eigenvalue weighted by Crippen LogP contribution is 2.24. The Bertz CT molecular complexity index is 1620. The second-order valence-corrected chi connectivity index (χ2v) is 10.8. The van der Waals surface area contributed by atoms with Gasteiger partial charge in [0.15, 0.2) is 5.43 Å². The summed E-state index contributed by atoms with van der Waals surface area (Å²) in [5, 5.41) is 0.948. The monoisotopic (exact) mass is 596 g/mol. The molecule has 1 atom stereocenters. The minimum absolute atomic E-state index is 0.0764. The number of halogens is 3.